The molecule has 0 unspecified atom stereocenters. The minimum Gasteiger partial charge on any atom is -0.411 e. The van der Waals surface area contributed by atoms with Crippen molar-refractivity contribution in [3.63, 3.8) is 0 Å². The normalized spacial score (nSPS) is 12.0. The molecule has 144 valence electrons. The van der Waals surface area contributed by atoms with E-state index in [4.69, 9.17) is 4.42 Å². The van der Waals surface area contributed by atoms with E-state index >= 15 is 0 Å². The molecule has 3 heterocycles. The summed E-state index contributed by atoms with van der Waals surface area (Å²) in [6.45, 7) is 10.6. The Kier molecular flexibility index (Phi) is 4.71. The molecule has 6 nitrogen and oxygen atoms in total. The van der Waals surface area contributed by atoms with Crippen LogP contribution in [-0.4, -0.2) is 24.6 Å². The summed E-state index contributed by atoms with van der Waals surface area (Å²) in [4.78, 5) is 9.06. The molecule has 0 N–H and O–H groups in total. The average Bonchev–Trinajstić information content (AvgIpc) is 3.26. The van der Waals surface area contributed by atoms with E-state index in [9.17, 15) is 0 Å². The molecule has 0 saturated carbocycles. The van der Waals surface area contributed by atoms with Crippen LogP contribution >= 0.6 is 11.8 Å². The van der Waals surface area contributed by atoms with Gasteiger partial charge in [-0.1, -0.05) is 44.7 Å². The van der Waals surface area contributed by atoms with Crippen molar-refractivity contribution in [3.05, 3.63) is 59.2 Å². The molecule has 3 aromatic heterocycles. The number of benzene rings is 1. The highest BCUT2D eigenvalue weighted by atomic mass is 32.2. The molecular weight excluding hydrogens is 370 g/mol. The Bertz CT molecular complexity index is 1120. The van der Waals surface area contributed by atoms with Crippen molar-refractivity contribution < 1.29 is 4.42 Å². The molecule has 0 aliphatic rings. The smallest absolute Gasteiger partial charge is 0.277 e. The monoisotopic (exact) mass is 393 g/mol. The maximum Gasteiger partial charge on any atom is 0.277 e. The molecule has 0 amide bonds. The fourth-order valence-electron chi connectivity index (χ4n) is 3.02. The van der Waals surface area contributed by atoms with Gasteiger partial charge in [-0.15, -0.1) is 10.2 Å². The third kappa shape index (κ3) is 3.80. The summed E-state index contributed by atoms with van der Waals surface area (Å²) < 4.78 is 7.82. The van der Waals surface area contributed by atoms with Gasteiger partial charge in [-0.2, -0.15) is 0 Å². The van der Waals surface area contributed by atoms with Crippen molar-refractivity contribution in [2.45, 2.75) is 51.0 Å². The molecular formula is C21H23N5OS. The molecule has 0 bridgehead atoms. The lowest BCUT2D eigenvalue weighted by Crippen LogP contribution is -2.10. The lowest BCUT2D eigenvalue weighted by Gasteiger charge is -2.18. The molecule has 7 heteroatoms. The first-order valence-corrected chi connectivity index (χ1v) is 10.2. The molecule has 0 fully saturated rings. The van der Waals surface area contributed by atoms with E-state index in [0.29, 0.717) is 16.9 Å². The Morgan fingerprint density at radius 2 is 1.79 bits per heavy atom. The third-order valence-corrected chi connectivity index (χ3v) is 5.41. The van der Waals surface area contributed by atoms with Gasteiger partial charge in [0.05, 0.1) is 5.69 Å². The average molecular weight is 394 g/mol. The minimum absolute atomic E-state index is 0.119. The van der Waals surface area contributed by atoms with E-state index in [1.807, 2.05) is 35.7 Å². The Balaban J connectivity index is 1.47. The Morgan fingerprint density at radius 3 is 2.50 bits per heavy atom. The summed E-state index contributed by atoms with van der Waals surface area (Å²) in [5.74, 6) is 1.90. The van der Waals surface area contributed by atoms with Gasteiger partial charge in [0, 0.05) is 28.9 Å². The number of nitrogens with zero attached hydrogens (tertiary/aromatic N) is 5. The van der Waals surface area contributed by atoms with E-state index in [1.165, 1.54) is 17.3 Å². The van der Waals surface area contributed by atoms with E-state index in [0.717, 1.165) is 28.4 Å². The van der Waals surface area contributed by atoms with Crippen molar-refractivity contribution in [2.75, 3.05) is 0 Å². The quantitative estimate of drug-likeness (QED) is 0.455. The van der Waals surface area contributed by atoms with Crippen LogP contribution in [0.5, 0.6) is 0 Å². The van der Waals surface area contributed by atoms with Crippen LogP contribution in [0.2, 0.25) is 0 Å². The van der Waals surface area contributed by atoms with Crippen molar-refractivity contribution in [3.8, 4) is 11.5 Å². The molecule has 4 aromatic rings. The van der Waals surface area contributed by atoms with E-state index < -0.39 is 0 Å². The number of rotatable bonds is 4. The van der Waals surface area contributed by atoms with E-state index in [2.05, 4.69) is 60.0 Å². The number of hydrogen-bond acceptors (Lipinski definition) is 6. The predicted octanol–water partition coefficient (Wildman–Crippen LogP) is 4.99. The molecule has 0 aliphatic heterocycles. The SMILES string of the molecule is Cc1cc(C)n2cc(CSc3nnc(-c4ccc(C(C)(C)C)cc4)o3)nc2n1. The van der Waals surface area contributed by atoms with Gasteiger partial charge in [0.2, 0.25) is 11.7 Å². The summed E-state index contributed by atoms with van der Waals surface area (Å²) in [6.07, 6.45) is 2.01. The predicted molar refractivity (Wildman–Crippen MR) is 110 cm³/mol. The number of fused-ring (bicyclic) bond motifs is 1. The highest BCUT2D eigenvalue weighted by Crippen LogP contribution is 2.28. The molecule has 0 radical (unpaired) electrons. The standard InChI is InChI=1S/C21H23N5OS/c1-13-10-14(2)26-11-17(23-19(26)22-13)12-28-20-25-24-18(27-20)15-6-8-16(9-7-15)21(3,4)5/h6-11H,12H2,1-5H3. The molecule has 0 saturated heterocycles. The van der Waals surface area contributed by atoms with Crippen molar-refractivity contribution in [2.24, 2.45) is 0 Å². The van der Waals surface area contributed by atoms with Gasteiger partial charge >= 0.3 is 0 Å². The Labute approximate surface area is 168 Å². The van der Waals surface area contributed by atoms with Crippen LogP contribution < -0.4 is 0 Å². The number of imidazole rings is 1. The molecule has 0 spiro atoms. The Morgan fingerprint density at radius 1 is 1.04 bits per heavy atom. The topological polar surface area (TPSA) is 69.1 Å². The van der Waals surface area contributed by atoms with Crippen LogP contribution in [0.3, 0.4) is 0 Å². The number of hydrogen-bond donors (Lipinski definition) is 0. The van der Waals surface area contributed by atoms with Crippen LogP contribution in [0.1, 0.15) is 43.4 Å². The summed E-state index contributed by atoms with van der Waals surface area (Å²) >= 11 is 1.48. The Hall–Kier alpha value is -2.67. The highest BCUT2D eigenvalue weighted by Gasteiger charge is 2.15. The maximum atomic E-state index is 5.82. The summed E-state index contributed by atoms with van der Waals surface area (Å²) in [6, 6.07) is 10.3. The van der Waals surface area contributed by atoms with Crippen molar-refractivity contribution in [1.29, 1.82) is 0 Å². The molecule has 0 atom stereocenters. The maximum absolute atomic E-state index is 5.82. The fraction of sp³-hybridized carbons (Fsp3) is 0.333. The first-order valence-electron chi connectivity index (χ1n) is 9.19. The van der Waals surface area contributed by atoms with Gasteiger partial charge in [0.15, 0.2) is 0 Å². The lowest BCUT2D eigenvalue weighted by molar-refractivity contribution is 0.465. The number of aromatic nitrogens is 5. The first-order chi connectivity index (χ1) is 13.3. The van der Waals surface area contributed by atoms with E-state index in [-0.39, 0.29) is 5.41 Å². The summed E-state index contributed by atoms with van der Waals surface area (Å²) in [5.41, 5.74) is 5.33. The van der Waals surface area contributed by atoms with Gasteiger partial charge in [0.25, 0.3) is 5.22 Å². The zero-order valence-electron chi connectivity index (χ0n) is 16.7. The van der Waals surface area contributed by atoms with Gasteiger partial charge in [-0.3, -0.25) is 4.40 Å². The number of aryl methyl sites for hydroxylation is 2. The van der Waals surface area contributed by atoms with Gasteiger partial charge in [-0.05, 0) is 43.0 Å². The highest BCUT2D eigenvalue weighted by molar-refractivity contribution is 7.98. The first kappa shape index (κ1) is 18.7. The second-order valence-electron chi connectivity index (χ2n) is 7.93. The van der Waals surface area contributed by atoms with Crippen molar-refractivity contribution >= 4 is 17.5 Å². The second kappa shape index (κ2) is 7.05. The zero-order chi connectivity index (χ0) is 19.9. The van der Waals surface area contributed by atoms with Gasteiger partial charge < -0.3 is 4.42 Å². The largest absolute Gasteiger partial charge is 0.411 e. The molecule has 1 aromatic carbocycles. The lowest BCUT2D eigenvalue weighted by atomic mass is 9.87. The van der Waals surface area contributed by atoms with Crippen LogP contribution in [0.25, 0.3) is 17.2 Å². The summed E-state index contributed by atoms with van der Waals surface area (Å²) in [5, 5.41) is 8.88. The van der Waals surface area contributed by atoms with E-state index in [1.54, 1.807) is 0 Å². The molecule has 4 rings (SSSR count). The molecule has 0 aliphatic carbocycles. The van der Waals surface area contributed by atoms with Crippen LogP contribution in [0.4, 0.5) is 0 Å². The van der Waals surface area contributed by atoms with Crippen LogP contribution in [0, 0.1) is 13.8 Å². The van der Waals surface area contributed by atoms with Crippen LogP contribution in [0.15, 0.2) is 46.2 Å². The number of thioether (sulfide) groups is 1. The zero-order valence-corrected chi connectivity index (χ0v) is 17.5. The van der Waals surface area contributed by atoms with Crippen LogP contribution in [-0.2, 0) is 11.2 Å². The fourth-order valence-corrected chi connectivity index (χ4v) is 3.67. The second-order valence-corrected chi connectivity index (χ2v) is 8.86. The van der Waals surface area contributed by atoms with Gasteiger partial charge in [0.1, 0.15) is 0 Å². The van der Waals surface area contributed by atoms with Gasteiger partial charge in [-0.25, -0.2) is 9.97 Å². The minimum atomic E-state index is 0.119. The third-order valence-electron chi connectivity index (χ3n) is 4.56. The summed E-state index contributed by atoms with van der Waals surface area (Å²) in [7, 11) is 0. The van der Waals surface area contributed by atoms with Crippen molar-refractivity contribution in [1.82, 2.24) is 24.6 Å². The molecule has 28 heavy (non-hydrogen) atoms.